The highest BCUT2D eigenvalue weighted by atomic mass is 16.6. The van der Waals surface area contributed by atoms with Gasteiger partial charge in [0.25, 0.3) is 0 Å². The summed E-state index contributed by atoms with van der Waals surface area (Å²) in [7, 11) is 0. The molecule has 0 aromatic rings. The molecule has 9 unspecified atom stereocenters. The Bertz CT molecular complexity index is 780. The molecule has 0 spiro atoms. The van der Waals surface area contributed by atoms with E-state index in [2.05, 4.69) is 45.9 Å². The zero-order valence-corrected chi connectivity index (χ0v) is 18.6. The van der Waals surface area contributed by atoms with E-state index < -0.39 is 0 Å². The molecular weight excluding hydrogens is 364 g/mol. The zero-order valence-electron chi connectivity index (χ0n) is 18.6. The molecule has 0 bridgehead atoms. The van der Waals surface area contributed by atoms with Crippen molar-refractivity contribution in [2.75, 3.05) is 6.61 Å². The van der Waals surface area contributed by atoms with Crippen molar-refractivity contribution >= 4 is 5.78 Å². The van der Waals surface area contributed by atoms with Crippen LogP contribution in [-0.4, -0.2) is 40.9 Å². The molecule has 2 saturated carbocycles. The van der Waals surface area contributed by atoms with Gasteiger partial charge in [-0.15, -0.1) is 0 Å². The largest absolute Gasteiger partial charge is 0.396 e. The SMILES string of the molecule is CC=C(C)C1C(C=CC=C(C)C(=O)C(C)CO)C2CC3OC3(C)CC2C2OC21C. The first kappa shape index (κ1) is 21.0. The Kier molecular flexibility index (Phi) is 5.20. The summed E-state index contributed by atoms with van der Waals surface area (Å²) >= 11 is 0. The fraction of sp³-hybridized carbons (Fsp3) is 0.720. The van der Waals surface area contributed by atoms with Crippen molar-refractivity contribution in [2.45, 2.75) is 77.8 Å². The second-order valence-electron chi connectivity index (χ2n) is 10.2. The molecule has 160 valence electrons. The number of allylic oxidation sites excluding steroid dienone is 5. The number of fused-ring (bicyclic) bond motifs is 4. The number of aliphatic hydroxyl groups is 1. The summed E-state index contributed by atoms with van der Waals surface area (Å²) in [5, 5.41) is 9.25. The van der Waals surface area contributed by atoms with Gasteiger partial charge in [-0.3, -0.25) is 4.79 Å². The van der Waals surface area contributed by atoms with Crippen LogP contribution in [0.15, 0.2) is 35.5 Å². The average Bonchev–Trinajstić information content (AvgIpc) is 3.57. The maximum absolute atomic E-state index is 12.3. The van der Waals surface area contributed by atoms with Crippen LogP contribution >= 0.6 is 0 Å². The molecule has 2 saturated heterocycles. The summed E-state index contributed by atoms with van der Waals surface area (Å²) in [6.07, 6.45) is 11.4. The zero-order chi connectivity index (χ0) is 21.1. The molecule has 4 fully saturated rings. The fourth-order valence-electron chi connectivity index (χ4n) is 6.29. The van der Waals surface area contributed by atoms with Crippen LogP contribution in [0.5, 0.6) is 0 Å². The molecule has 0 aromatic carbocycles. The third-order valence-electron chi connectivity index (χ3n) is 8.22. The van der Waals surface area contributed by atoms with Crippen molar-refractivity contribution in [1.82, 2.24) is 0 Å². The monoisotopic (exact) mass is 400 g/mol. The van der Waals surface area contributed by atoms with Crippen LogP contribution in [0.2, 0.25) is 0 Å². The van der Waals surface area contributed by atoms with E-state index in [1.165, 1.54) is 5.57 Å². The van der Waals surface area contributed by atoms with Gasteiger partial charge in [0.05, 0.1) is 30.0 Å². The van der Waals surface area contributed by atoms with Gasteiger partial charge in [0.2, 0.25) is 0 Å². The van der Waals surface area contributed by atoms with E-state index in [0.29, 0.717) is 41.5 Å². The first-order valence-corrected chi connectivity index (χ1v) is 11.1. The number of aliphatic hydroxyl groups excluding tert-OH is 1. The second kappa shape index (κ2) is 7.18. The Hall–Kier alpha value is -1.23. The van der Waals surface area contributed by atoms with Crippen LogP contribution in [0.25, 0.3) is 0 Å². The number of epoxide rings is 2. The molecule has 29 heavy (non-hydrogen) atoms. The van der Waals surface area contributed by atoms with Crippen molar-refractivity contribution in [3.8, 4) is 0 Å². The topological polar surface area (TPSA) is 62.4 Å². The maximum Gasteiger partial charge on any atom is 0.163 e. The molecule has 0 radical (unpaired) electrons. The molecule has 1 N–H and O–H groups in total. The lowest BCUT2D eigenvalue weighted by Gasteiger charge is -2.45. The van der Waals surface area contributed by atoms with Crippen LogP contribution in [0.1, 0.15) is 54.4 Å². The third kappa shape index (κ3) is 3.37. The Labute approximate surface area is 175 Å². The minimum absolute atomic E-state index is 0.0113. The van der Waals surface area contributed by atoms with Crippen LogP contribution in [0.4, 0.5) is 0 Å². The van der Waals surface area contributed by atoms with Gasteiger partial charge in [0.1, 0.15) is 0 Å². The molecule has 4 aliphatic rings. The van der Waals surface area contributed by atoms with Gasteiger partial charge in [0, 0.05) is 11.8 Å². The second-order valence-corrected chi connectivity index (χ2v) is 10.2. The first-order valence-electron chi connectivity index (χ1n) is 11.1. The Balaban J connectivity index is 1.62. The lowest BCUT2D eigenvalue weighted by atomic mass is 9.55. The minimum Gasteiger partial charge on any atom is -0.396 e. The fourth-order valence-corrected chi connectivity index (χ4v) is 6.29. The van der Waals surface area contributed by atoms with Gasteiger partial charge in [-0.1, -0.05) is 36.8 Å². The quantitative estimate of drug-likeness (QED) is 0.313. The molecule has 9 atom stereocenters. The Morgan fingerprint density at radius 3 is 2.62 bits per heavy atom. The first-order chi connectivity index (χ1) is 13.7. The average molecular weight is 401 g/mol. The number of ether oxygens (including phenoxy) is 2. The van der Waals surface area contributed by atoms with Crippen molar-refractivity contribution in [3.63, 3.8) is 0 Å². The normalized spacial score (nSPS) is 47.3. The molecule has 4 heteroatoms. The van der Waals surface area contributed by atoms with Crippen LogP contribution in [-0.2, 0) is 14.3 Å². The van der Waals surface area contributed by atoms with Gasteiger partial charge >= 0.3 is 0 Å². The van der Waals surface area contributed by atoms with Crippen LogP contribution in [0, 0.1) is 29.6 Å². The predicted molar refractivity (Wildman–Crippen MR) is 113 cm³/mol. The van der Waals surface area contributed by atoms with E-state index in [9.17, 15) is 9.90 Å². The van der Waals surface area contributed by atoms with E-state index in [4.69, 9.17) is 9.47 Å². The van der Waals surface area contributed by atoms with Gasteiger partial charge in [-0.25, -0.2) is 0 Å². The number of rotatable bonds is 6. The summed E-state index contributed by atoms with van der Waals surface area (Å²) in [6.45, 7) is 12.4. The lowest BCUT2D eigenvalue weighted by Crippen LogP contribution is -2.48. The Morgan fingerprint density at radius 2 is 1.97 bits per heavy atom. The van der Waals surface area contributed by atoms with E-state index in [0.717, 1.165) is 12.8 Å². The highest BCUT2D eigenvalue weighted by Gasteiger charge is 2.72. The highest BCUT2D eigenvalue weighted by Crippen LogP contribution is 2.67. The standard InChI is InChI=1S/C25H36O4/c1-7-14(2)21-17(10-8-9-15(3)22(27)16(4)13-26)18-11-20-24(5,28-20)12-19(18)23-25(21,6)29-23/h7-10,16-21,23,26H,11-13H2,1-6H3. The number of hydrogen-bond acceptors (Lipinski definition) is 4. The van der Waals surface area contributed by atoms with E-state index >= 15 is 0 Å². The van der Waals surface area contributed by atoms with Gasteiger partial charge in [-0.2, -0.15) is 0 Å². The van der Waals surface area contributed by atoms with E-state index in [1.54, 1.807) is 6.92 Å². The van der Waals surface area contributed by atoms with Crippen molar-refractivity contribution in [1.29, 1.82) is 0 Å². The lowest BCUT2D eigenvalue weighted by molar-refractivity contribution is -0.119. The maximum atomic E-state index is 12.3. The van der Waals surface area contributed by atoms with Crippen molar-refractivity contribution < 1.29 is 19.4 Å². The summed E-state index contributed by atoms with van der Waals surface area (Å²) in [5.74, 6) is 1.49. The van der Waals surface area contributed by atoms with E-state index in [1.807, 2.05) is 13.0 Å². The summed E-state index contributed by atoms with van der Waals surface area (Å²) in [6, 6.07) is 0. The molecular formula is C25H36O4. The molecule has 2 aliphatic carbocycles. The summed E-state index contributed by atoms with van der Waals surface area (Å²) in [5.41, 5.74) is 2.06. The number of hydrogen-bond donors (Lipinski definition) is 1. The van der Waals surface area contributed by atoms with Crippen LogP contribution < -0.4 is 0 Å². The van der Waals surface area contributed by atoms with Gasteiger partial charge in [-0.05, 0) is 70.8 Å². The molecule has 0 aromatic heterocycles. The summed E-state index contributed by atoms with van der Waals surface area (Å²) in [4.78, 5) is 12.3. The minimum atomic E-state index is -0.348. The Morgan fingerprint density at radius 1 is 1.24 bits per heavy atom. The molecule has 0 amide bonds. The van der Waals surface area contributed by atoms with Gasteiger partial charge in [0.15, 0.2) is 5.78 Å². The van der Waals surface area contributed by atoms with Gasteiger partial charge < -0.3 is 14.6 Å². The van der Waals surface area contributed by atoms with Crippen molar-refractivity contribution in [2.24, 2.45) is 29.6 Å². The molecule has 4 nitrogen and oxygen atoms in total. The van der Waals surface area contributed by atoms with Crippen molar-refractivity contribution in [3.05, 3.63) is 35.5 Å². The van der Waals surface area contributed by atoms with E-state index in [-0.39, 0.29) is 29.5 Å². The molecule has 4 rings (SSSR count). The highest BCUT2D eigenvalue weighted by molar-refractivity contribution is 5.96. The number of carbonyl (C=O) groups excluding carboxylic acids is 1. The molecule has 2 heterocycles. The number of Topliss-reactive ketones (excluding diaryl/α,β-unsaturated/α-hetero) is 1. The third-order valence-corrected chi connectivity index (χ3v) is 8.22. The molecule has 2 aliphatic heterocycles. The van der Waals surface area contributed by atoms with Crippen LogP contribution in [0.3, 0.4) is 0 Å². The summed E-state index contributed by atoms with van der Waals surface area (Å²) < 4.78 is 12.5. The number of ketones is 1. The number of carbonyl (C=O) groups is 1. The predicted octanol–water partition coefficient (Wildman–Crippen LogP) is 4.24. The smallest absolute Gasteiger partial charge is 0.163 e.